The molecule has 0 bridgehead atoms. The fourth-order valence-corrected chi connectivity index (χ4v) is 2.68. The van der Waals surface area contributed by atoms with Gasteiger partial charge in [-0.3, -0.25) is 4.79 Å². The average Bonchev–Trinajstić information content (AvgIpc) is 2.66. The molecule has 0 saturated carbocycles. The van der Waals surface area contributed by atoms with Gasteiger partial charge in [0.05, 0.1) is 12.2 Å². The SMILES string of the molecule is CCOc1ccc(COc2ccc3c(c2)OCC(C=O)=C3)c(C(F)(F)F)c1. The van der Waals surface area contributed by atoms with Crippen LogP contribution in [0.25, 0.3) is 6.08 Å². The molecule has 27 heavy (non-hydrogen) atoms. The van der Waals surface area contributed by atoms with Gasteiger partial charge in [-0.25, -0.2) is 0 Å². The largest absolute Gasteiger partial charge is 0.494 e. The van der Waals surface area contributed by atoms with E-state index < -0.39 is 11.7 Å². The number of fused-ring (bicyclic) bond motifs is 1. The third-order valence-electron chi connectivity index (χ3n) is 3.96. The number of halogens is 3. The number of carbonyl (C=O) groups excluding carboxylic acids is 1. The van der Waals surface area contributed by atoms with Gasteiger partial charge >= 0.3 is 6.18 Å². The summed E-state index contributed by atoms with van der Waals surface area (Å²) < 4.78 is 56.1. The predicted octanol–water partition coefficient (Wildman–Crippen LogP) is 4.66. The molecule has 0 unspecified atom stereocenters. The molecule has 2 aromatic rings. The van der Waals surface area contributed by atoms with Crippen LogP contribution in [-0.2, 0) is 17.6 Å². The van der Waals surface area contributed by atoms with Crippen molar-refractivity contribution in [2.75, 3.05) is 13.2 Å². The molecule has 1 aliphatic heterocycles. The number of carbonyl (C=O) groups is 1. The molecule has 0 atom stereocenters. The minimum Gasteiger partial charge on any atom is -0.494 e. The standard InChI is InChI=1S/C20H17F3O4/c1-2-25-16-6-4-15(18(8-16)20(21,22)23)12-26-17-5-3-14-7-13(10-24)11-27-19(14)9-17/h3-10H,2,11-12H2,1H3. The summed E-state index contributed by atoms with van der Waals surface area (Å²) in [5.41, 5.74) is 0.446. The number of hydrogen-bond acceptors (Lipinski definition) is 4. The van der Waals surface area contributed by atoms with Crippen molar-refractivity contribution in [3.8, 4) is 17.2 Å². The number of aldehydes is 1. The molecule has 0 amide bonds. The van der Waals surface area contributed by atoms with E-state index in [1.54, 1.807) is 31.2 Å². The van der Waals surface area contributed by atoms with E-state index in [1.807, 2.05) is 0 Å². The minimum absolute atomic E-state index is 0.00716. The number of ether oxygens (including phenoxy) is 3. The summed E-state index contributed by atoms with van der Waals surface area (Å²) in [5.74, 6) is 1.05. The third-order valence-corrected chi connectivity index (χ3v) is 3.96. The van der Waals surface area contributed by atoms with Gasteiger partial charge in [-0.1, -0.05) is 6.07 Å². The zero-order valence-electron chi connectivity index (χ0n) is 14.5. The molecule has 7 heteroatoms. The highest BCUT2D eigenvalue weighted by molar-refractivity contribution is 5.84. The summed E-state index contributed by atoms with van der Waals surface area (Å²) in [6.07, 6.45) is -2.09. The number of alkyl halides is 3. The maximum absolute atomic E-state index is 13.3. The molecular weight excluding hydrogens is 361 g/mol. The highest BCUT2D eigenvalue weighted by Crippen LogP contribution is 2.35. The Balaban J connectivity index is 1.79. The van der Waals surface area contributed by atoms with E-state index >= 15 is 0 Å². The predicted molar refractivity (Wildman–Crippen MR) is 92.9 cm³/mol. The van der Waals surface area contributed by atoms with Crippen LogP contribution in [0.3, 0.4) is 0 Å². The van der Waals surface area contributed by atoms with Crippen molar-refractivity contribution in [1.29, 1.82) is 0 Å². The van der Waals surface area contributed by atoms with Crippen LogP contribution in [0.4, 0.5) is 13.2 Å². The van der Waals surface area contributed by atoms with Gasteiger partial charge in [0.25, 0.3) is 0 Å². The molecule has 4 nitrogen and oxygen atoms in total. The van der Waals surface area contributed by atoms with Crippen LogP contribution in [0.15, 0.2) is 42.0 Å². The Bertz CT molecular complexity index is 872. The first-order valence-electron chi connectivity index (χ1n) is 8.29. The Hall–Kier alpha value is -2.96. The highest BCUT2D eigenvalue weighted by atomic mass is 19.4. The molecule has 0 aliphatic carbocycles. The summed E-state index contributed by atoms with van der Waals surface area (Å²) in [6, 6.07) is 8.71. The van der Waals surface area contributed by atoms with Gasteiger partial charge in [0, 0.05) is 22.8 Å². The molecule has 1 heterocycles. The van der Waals surface area contributed by atoms with Crippen LogP contribution in [0, 0.1) is 0 Å². The van der Waals surface area contributed by atoms with Crippen LogP contribution in [0.5, 0.6) is 17.2 Å². The van der Waals surface area contributed by atoms with Gasteiger partial charge in [0.1, 0.15) is 36.7 Å². The van der Waals surface area contributed by atoms with Crippen molar-refractivity contribution < 1.29 is 32.2 Å². The second-order valence-electron chi connectivity index (χ2n) is 5.86. The molecule has 142 valence electrons. The maximum Gasteiger partial charge on any atom is 0.416 e. The topological polar surface area (TPSA) is 44.8 Å². The first kappa shape index (κ1) is 18.8. The molecule has 0 N–H and O–H groups in total. The second-order valence-corrected chi connectivity index (χ2v) is 5.86. The van der Waals surface area contributed by atoms with Crippen molar-refractivity contribution in [2.24, 2.45) is 0 Å². The molecule has 0 fully saturated rings. The summed E-state index contributed by atoms with van der Waals surface area (Å²) in [7, 11) is 0. The first-order chi connectivity index (χ1) is 12.9. The Morgan fingerprint density at radius 3 is 2.56 bits per heavy atom. The van der Waals surface area contributed by atoms with E-state index in [4.69, 9.17) is 14.2 Å². The van der Waals surface area contributed by atoms with Crippen LogP contribution in [0.2, 0.25) is 0 Å². The normalized spacial score (nSPS) is 13.3. The Labute approximate surface area is 154 Å². The van der Waals surface area contributed by atoms with E-state index in [0.717, 1.165) is 12.4 Å². The lowest BCUT2D eigenvalue weighted by Crippen LogP contribution is -2.12. The van der Waals surface area contributed by atoms with Crippen molar-refractivity contribution in [1.82, 2.24) is 0 Å². The molecule has 0 saturated heterocycles. The molecule has 3 rings (SSSR count). The quantitative estimate of drug-likeness (QED) is 0.686. The monoisotopic (exact) mass is 378 g/mol. The van der Waals surface area contributed by atoms with Crippen LogP contribution in [-0.4, -0.2) is 19.5 Å². The Kier molecular flexibility index (Phi) is 5.39. The second kappa shape index (κ2) is 7.73. The number of hydrogen-bond donors (Lipinski definition) is 0. The lowest BCUT2D eigenvalue weighted by molar-refractivity contribution is -0.138. The highest BCUT2D eigenvalue weighted by Gasteiger charge is 2.34. The Morgan fingerprint density at radius 2 is 1.85 bits per heavy atom. The van der Waals surface area contributed by atoms with E-state index in [9.17, 15) is 18.0 Å². The van der Waals surface area contributed by atoms with E-state index in [0.29, 0.717) is 22.6 Å². The van der Waals surface area contributed by atoms with Crippen LogP contribution < -0.4 is 14.2 Å². The maximum atomic E-state index is 13.3. The lowest BCUT2D eigenvalue weighted by Gasteiger charge is -2.18. The summed E-state index contributed by atoms with van der Waals surface area (Å²) in [6.45, 7) is 1.88. The van der Waals surface area contributed by atoms with Crippen molar-refractivity contribution in [3.63, 3.8) is 0 Å². The van der Waals surface area contributed by atoms with Gasteiger partial charge in [0.2, 0.25) is 0 Å². The molecule has 2 aromatic carbocycles. The molecule has 0 spiro atoms. The molecule has 1 aliphatic rings. The zero-order chi connectivity index (χ0) is 19.4. The van der Waals surface area contributed by atoms with Crippen LogP contribution in [0.1, 0.15) is 23.6 Å². The van der Waals surface area contributed by atoms with E-state index in [-0.39, 0.29) is 31.1 Å². The lowest BCUT2D eigenvalue weighted by atomic mass is 10.1. The van der Waals surface area contributed by atoms with Gasteiger partial charge in [-0.05, 0) is 37.3 Å². The third kappa shape index (κ3) is 4.42. The summed E-state index contributed by atoms with van der Waals surface area (Å²) in [5, 5.41) is 0. The van der Waals surface area contributed by atoms with Gasteiger partial charge < -0.3 is 14.2 Å². The van der Waals surface area contributed by atoms with Gasteiger partial charge in [-0.15, -0.1) is 0 Å². The van der Waals surface area contributed by atoms with Gasteiger partial charge in [-0.2, -0.15) is 13.2 Å². The van der Waals surface area contributed by atoms with Gasteiger partial charge in [0.15, 0.2) is 0 Å². The van der Waals surface area contributed by atoms with Crippen molar-refractivity contribution >= 4 is 12.4 Å². The molecular formula is C20H17F3O4. The fraction of sp³-hybridized carbons (Fsp3) is 0.250. The molecule has 0 aromatic heterocycles. The number of benzene rings is 2. The zero-order valence-corrected chi connectivity index (χ0v) is 14.5. The van der Waals surface area contributed by atoms with E-state index in [2.05, 4.69) is 0 Å². The smallest absolute Gasteiger partial charge is 0.416 e. The Morgan fingerprint density at radius 1 is 1.11 bits per heavy atom. The minimum atomic E-state index is -4.51. The average molecular weight is 378 g/mol. The number of rotatable bonds is 6. The first-order valence-corrected chi connectivity index (χ1v) is 8.29. The summed E-state index contributed by atoms with van der Waals surface area (Å²) >= 11 is 0. The summed E-state index contributed by atoms with van der Waals surface area (Å²) in [4.78, 5) is 10.8. The fourth-order valence-electron chi connectivity index (χ4n) is 2.68. The molecule has 0 radical (unpaired) electrons. The van der Waals surface area contributed by atoms with Crippen molar-refractivity contribution in [3.05, 3.63) is 58.7 Å². The van der Waals surface area contributed by atoms with Crippen molar-refractivity contribution in [2.45, 2.75) is 19.7 Å². The van der Waals surface area contributed by atoms with E-state index in [1.165, 1.54) is 12.1 Å². The van der Waals surface area contributed by atoms with Crippen LogP contribution >= 0.6 is 0 Å².